The zero-order chi connectivity index (χ0) is 15.5. The number of benzene rings is 1. The lowest BCUT2D eigenvalue weighted by Gasteiger charge is -2.26. The van der Waals surface area contributed by atoms with E-state index >= 15 is 0 Å². The van der Waals surface area contributed by atoms with Gasteiger partial charge < -0.3 is 11.1 Å². The fourth-order valence-electron chi connectivity index (χ4n) is 1.53. The molecule has 0 spiro atoms. The normalized spacial score (nSPS) is 14.7. The number of hydrogen-bond acceptors (Lipinski definition) is 3. The van der Waals surface area contributed by atoms with Crippen LogP contribution in [0.15, 0.2) is 23.1 Å². The van der Waals surface area contributed by atoms with Gasteiger partial charge in [-0.05, 0) is 45.4 Å². The van der Waals surface area contributed by atoms with E-state index in [9.17, 15) is 13.4 Å². The monoisotopic (exact) mass is 300 g/mol. The van der Waals surface area contributed by atoms with Crippen LogP contribution in [0.5, 0.6) is 0 Å². The fraction of sp³-hybridized carbons (Fsp3) is 0.500. The zero-order valence-electron chi connectivity index (χ0n) is 12.2. The summed E-state index contributed by atoms with van der Waals surface area (Å²) in [4.78, 5) is 12.3. The number of hydrogen-bond donors (Lipinski definition) is 2. The number of nitrogens with two attached hydrogens (primary N) is 1. The summed E-state index contributed by atoms with van der Waals surface area (Å²) in [5, 5.41) is 2.05. The molecule has 0 aliphatic carbocycles. The molecular formula is C14H21FN2O2S. The molecule has 0 radical (unpaired) electrons. The Bertz CT molecular complexity index is 512. The number of nitrogen functional groups attached to an aromatic ring is 1. The Morgan fingerprint density at radius 3 is 2.55 bits per heavy atom. The molecule has 0 heterocycles. The van der Waals surface area contributed by atoms with Crippen molar-refractivity contribution in [2.24, 2.45) is 0 Å². The van der Waals surface area contributed by atoms with E-state index in [2.05, 4.69) is 5.32 Å². The Labute approximate surface area is 121 Å². The summed E-state index contributed by atoms with van der Waals surface area (Å²) >= 11 is 0. The van der Waals surface area contributed by atoms with Crippen LogP contribution >= 0.6 is 0 Å². The van der Waals surface area contributed by atoms with Crippen LogP contribution in [0.4, 0.5) is 10.1 Å². The van der Waals surface area contributed by atoms with Crippen LogP contribution in [0.2, 0.25) is 0 Å². The molecule has 2 unspecified atom stereocenters. The van der Waals surface area contributed by atoms with Gasteiger partial charge in [0.2, 0.25) is 5.91 Å². The number of carbonyl (C=O) groups is 1. The zero-order valence-corrected chi connectivity index (χ0v) is 13.0. The van der Waals surface area contributed by atoms with Crippen LogP contribution in [0.25, 0.3) is 0 Å². The number of rotatable bonds is 5. The second kappa shape index (κ2) is 6.35. The van der Waals surface area contributed by atoms with Gasteiger partial charge in [-0.15, -0.1) is 0 Å². The topological polar surface area (TPSA) is 72.2 Å². The number of anilines is 1. The van der Waals surface area contributed by atoms with E-state index in [1.807, 2.05) is 20.8 Å². The van der Waals surface area contributed by atoms with Gasteiger partial charge in [0.1, 0.15) is 11.1 Å². The molecule has 0 saturated heterocycles. The number of amides is 1. The molecule has 0 aromatic heterocycles. The van der Waals surface area contributed by atoms with Gasteiger partial charge in [-0.2, -0.15) is 0 Å². The van der Waals surface area contributed by atoms with Crippen molar-refractivity contribution in [3.63, 3.8) is 0 Å². The molecule has 3 N–H and O–H groups in total. The molecule has 2 atom stereocenters. The molecular weight excluding hydrogens is 279 g/mol. The largest absolute Gasteiger partial charge is 0.399 e. The van der Waals surface area contributed by atoms with E-state index in [0.717, 1.165) is 18.6 Å². The predicted molar refractivity (Wildman–Crippen MR) is 79.2 cm³/mol. The predicted octanol–water partition coefficient (Wildman–Crippen LogP) is 2.21. The van der Waals surface area contributed by atoms with E-state index in [4.69, 9.17) is 5.73 Å². The van der Waals surface area contributed by atoms with Crippen LogP contribution < -0.4 is 11.1 Å². The van der Waals surface area contributed by atoms with Gasteiger partial charge in [-0.25, -0.2) is 4.39 Å². The highest BCUT2D eigenvalue weighted by molar-refractivity contribution is 7.86. The van der Waals surface area contributed by atoms with Gasteiger partial charge in [0.25, 0.3) is 0 Å². The standard InChI is InChI=1S/C14H21FN2O2S/c1-5-14(3,4)17-13(18)9(2)20(19)12-7-10(15)6-11(16)8-12/h6-9H,5,16H2,1-4H3,(H,17,18). The fourth-order valence-corrected chi connectivity index (χ4v) is 2.67. The van der Waals surface area contributed by atoms with Crippen molar-refractivity contribution >= 4 is 22.4 Å². The molecule has 112 valence electrons. The maximum atomic E-state index is 13.3. The highest BCUT2D eigenvalue weighted by atomic mass is 32.2. The summed E-state index contributed by atoms with van der Waals surface area (Å²) in [6.07, 6.45) is 0.755. The first-order chi connectivity index (χ1) is 9.16. The summed E-state index contributed by atoms with van der Waals surface area (Å²) in [7, 11) is -1.65. The summed E-state index contributed by atoms with van der Waals surface area (Å²) in [6.45, 7) is 7.29. The van der Waals surface area contributed by atoms with E-state index in [-0.39, 0.29) is 22.0 Å². The molecule has 0 saturated carbocycles. The summed E-state index contributed by atoms with van der Waals surface area (Å²) < 4.78 is 25.6. The Hall–Kier alpha value is -1.43. The molecule has 1 aromatic carbocycles. The lowest BCUT2D eigenvalue weighted by atomic mass is 10.0. The first-order valence-electron chi connectivity index (χ1n) is 6.45. The Morgan fingerprint density at radius 1 is 1.45 bits per heavy atom. The molecule has 1 rings (SSSR count). The van der Waals surface area contributed by atoms with E-state index in [1.165, 1.54) is 6.07 Å². The minimum atomic E-state index is -1.65. The molecule has 0 bridgehead atoms. The lowest BCUT2D eigenvalue weighted by Crippen LogP contribution is -2.47. The first-order valence-corrected chi connectivity index (χ1v) is 7.66. The quantitative estimate of drug-likeness (QED) is 0.819. The van der Waals surface area contributed by atoms with Crippen LogP contribution in [-0.2, 0) is 15.6 Å². The van der Waals surface area contributed by atoms with Crippen molar-refractivity contribution in [1.29, 1.82) is 0 Å². The molecule has 0 aliphatic rings. The maximum Gasteiger partial charge on any atom is 0.236 e. The smallest absolute Gasteiger partial charge is 0.236 e. The van der Waals surface area contributed by atoms with Gasteiger partial charge in [0.15, 0.2) is 0 Å². The van der Waals surface area contributed by atoms with E-state index in [1.54, 1.807) is 6.92 Å². The van der Waals surface area contributed by atoms with Crippen molar-refractivity contribution in [3.05, 3.63) is 24.0 Å². The minimum absolute atomic E-state index is 0.190. The average Bonchev–Trinajstić information content (AvgIpc) is 2.35. The van der Waals surface area contributed by atoms with E-state index < -0.39 is 21.9 Å². The van der Waals surface area contributed by atoms with Gasteiger partial charge in [0, 0.05) is 16.1 Å². The minimum Gasteiger partial charge on any atom is -0.399 e. The highest BCUT2D eigenvalue weighted by Gasteiger charge is 2.26. The third-order valence-corrected chi connectivity index (χ3v) is 4.72. The summed E-state index contributed by atoms with van der Waals surface area (Å²) in [6, 6.07) is 3.71. The molecule has 1 aromatic rings. The number of halogens is 1. The van der Waals surface area contributed by atoms with Crippen molar-refractivity contribution in [1.82, 2.24) is 5.32 Å². The number of carbonyl (C=O) groups excluding carboxylic acids is 1. The van der Waals surface area contributed by atoms with Crippen molar-refractivity contribution in [2.75, 3.05) is 5.73 Å². The molecule has 0 fully saturated rings. The van der Waals surface area contributed by atoms with Crippen LogP contribution in [-0.4, -0.2) is 20.9 Å². The molecule has 6 heteroatoms. The second-order valence-corrected chi connectivity index (χ2v) is 7.16. The average molecular weight is 300 g/mol. The second-order valence-electron chi connectivity index (χ2n) is 5.39. The van der Waals surface area contributed by atoms with Crippen molar-refractivity contribution in [3.8, 4) is 0 Å². The van der Waals surface area contributed by atoms with Crippen molar-refractivity contribution < 1.29 is 13.4 Å². The van der Waals surface area contributed by atoms with Crippen LogP contribution in [0, 0.1) is 5.82 Å². The summed E-state index contributed by atoms with van der Waals surface area (Å²) in [5.74, 6) is -0.882. The van der Waals surface area contributed by atoms with Crippen LogP contribution in [0.3, 0.4) is 0 Å². The van der Waals surface area contributed by atoms with Crippen molar-refractivity contribution in [2.45, 2.75) is 49.8 Å². The SMILES string of the molecule is CCC(C)(C)NC(=O)C(C)S(=O)c1cc(N)cc(F)c1. The van der Waals surface area contributed by atoms with Gasteiger partial charge in [-0.1, -0.05) is 6.92 Å². The van der Waals surface area contributed by atoms with Gasteiger partial charge >= 0.3 is 0 Å². The first kappa shape index (κ1) is 16.6. The van der Waals surface area contributed by atoms with Crippen LogP contribution in [0.1, 0.15) is 34.1 Å². The molecule has 20 heavy (non-hydrogen) atoms. The number of nitrogens with one attached hydrogen (secondary N) is 1. The maximum absolute atomic E-state index is 13.3. The highest BCUT2D eigenvalue weighted by Crippen LogP contribution is 2.18. The molecule has 1 amide bonds. The van der Waals surface area contributed by atoms with Gasteiger partial charge in [0.05, 0.1) is 10.8 Å². The Kier molecular flexibility index (Phi) is 5.28. The van der Waals surface area contributed by atoms with Gasteiger partial charge in [-0.3, -0.25) is 9.00 Å². The lowest BCUT2D eigenvalue weighted by molar-refractivity contribution is -0.121. The Balaban J connectivity index is 2.88. The summed E-state index contributed by atoms with van der Waals surface area (Å²) in [5.41, 5.74) is 5.35. The Morgan fingerprint density at radius 2 is 2.05 bits per heavy atom. The molecule has 4 nitrogen and oxygen atoms in total. The third-order valence-electron chi connectivity index (χ3n) is 3.16. The molecule has 0 aliphatic heterocycles. The third kappa shape index (κ3) is 4.30. The van der Waals surface area contributed by atoms with E-state index in [0.29, 0.717) is 0 Å².